The van der Waals surface area contributed by atoms with Crippen molar-refractivity contribution in [3.05, 3.63) is 22.4 Å². The standard InChI is InChI=1S/C16H20N2O2S/c19-14(7-11-4-6-21-10-11)18-9-12-8-17-15(20)16(12)5-2-1-3-13(16)18/h4,6,10,12-13H,1-3,5,7-9H2,(H,17,20)/t12-,13-,16-/m1/s1. The lowest BCUT2D eigenvalue weighted by Crippen LogP contribution is -2.50. The number of carbonyl (C=O) groups is 2. The summed E-state index contributed by atoms with van der Waals surface area (Å²) in [5.41, 5.74) is 0.819. The molecule has 1 aliphatic carbocycles. The van der Waals surface area contributed by atoms with E-state index in [4.69, 9.17) is 0 Å². The van der Waals surface area contributed by atoms with Gasteiger partial charge in [-0.25, -0.2) is 0 Å². The van der Waals surface area contributed by atoms with Gasteiger partial charge in [-0.05, 0) is 35.2 Å². The Balaban J connectivity index is 1.60. The third-order valence-corrected chi connectivity index (χ3v) is 6.35. The van der Waals surface area contributed by atoms with Crippen molar-refractivity contribution < 1.29 is 9.59 Å². The van der Waals surface area contributed by atoms with Gasteiger partial charge in [-0.15, -0.1) is 0 Å². The average molecular weight is 304 g/mol. The second-order valence-corrected chi connectivity index (χ2v) is 7.34. The van der Waals surface area contributed by atoms with Gasteiger partial charge in [0.1, 0.15) is 0 Å². The van der Waals surface area contributed by atoms with Gasteiger partial charge in [-0.1, -0.05) is 12.8 Å². The van der Waals surface area contributed by atoms with Crippen LogP contribution < -0.4 is 5.32 Å². The zero-order valence-corrected chi connectivity index (χ0v) is 12.8. The third-order valence-electron chi connectivity index (χ3n) is 5.62. The molecule has 2 amide bonds. The highest BCUT2D eigenvalue weighted by Crippen LogP contribution is 2.52. The average Bonchev–Trinajstić information content (AvgIpc) is 3.16. The maximum absolute atomic E-state index is 12.7. The van der Waals surface area contributed by atoms with E-state index in [9.17, 15) is 9.59 Å². The summed E-state index contributed by atoms with van der Waals surface area (Å²) in [4.78, 5) is 27.2. The first-order chi connectivity index (χ1) is 10.2. The molecule has 4 nitrogen and oxygen atoms in total. The van der Waals surface area contributed by atoms with E-state index in [0.717, 1.165) is 44.3 Å². The molecule has 0 aromatic carbocycles. The Hall–Kier alpha value is -1.36. The van der Waals surface area contributed by atoms with Crippen LogP contribution in [0.25, 0.3) is 0 Å². The molecule has 2 saturated heterocycles. The number of thiophene rings is 1. The van der Waals surface area contributed by atoms with Crippen molar-refractivity contribution in [2.75, 3.05) is 13.1 Å². The summed E-state index contributed by atoms with van der Waals surface area (Å²) in [5.74, 6) is 0.714. The molecule has 0 unspecified atom stereocenters. The first-order valence-electron chi connectivity index (χ1n) is 7.80. The van der Waals surface area contributed by atoms with Crippen molar-refractivity contribution in [3.8, 4) is 0 Å². The minimum absolute atomic E-state index is 0.130. The lowest BCUT2D eigenvalue weighted by atomic mass is 9.67. The van der Waals surface area contributed by atoms with Crippen LogP contribution in [0.4, 0.5) is 0 Å². The molecule has 1 N–H and O–H groups in total. The molecule has 3 heterocycles. The highest BCUT2D eigenvalue weighted by atomic mass is 32.1. The van der Waals surface area contributed by atoms with Crippen molar-refractivity contribution in [1.82, 2.24) is 10.2 Å². The topological polar surface area (TPSA) is 49.4 Å². The lowest BCUT2D eigenvalue weighted by Gasteiger charge is -2.39. The van der Waals surface area contributed by atoms with Crippen LogP contribution in [0, 0.1) is 11.3 Å². The summed E-state index contributed by atoms with van der Waals surface area (Å²) in [6.07, 6.45) is 4.67. The van der Waals surface area contributed by atoms with Crippen molar-refractivity contribution >= 4 is 23.2 Å². The SMILES string of the molecule is O=C(Cc1ccsc1)N1C[C@H]2CNC(=O)[C@]23CCCC[C@@H]13. The van der Waals surface area contributed by atoms with E-state index in [2.05, 4.69) is 5.32 Å². The molecule has 0 radical (unpaired) electrons. The Morgan fingerprint density at radius 2 is 2.38 bits per heavy atom. The second kappa shape index (κ2) is 4.83. The fourth-order valence-corrected chi connectivity index (χ4v) is 5.31. The number of carbonyl (C=O) groups excluding carboxylic acids is 2. The van der Waals surface area contributed by atoms with Crippen molar-refractivity contribution in [2.45, 2.75) is 38.1 Å². The molecular formula is C16H20N2O2S. The molecule has 3 fully saturated rings. The summed E-state index contributed by atoms with van der Waals surface area (Å²) in [6, 6.07) is 2.15. The van der Waals surface area contributed by atoms with Crippen LogP contribution in [-0.2, 0) is 16.0 Å². The smallest absolute Gasteiger partial charge is 0.228 e. The van der Waals surface area contributed by atoms with Crippen molar-refractivity contribution in [2.24, 2.45) is 11.3 Å². The van der Waals surface area contributed by atoms with Crippen LogP contribution in [0.1, 0.15) is 31.2 Å². The molecule has 4 rings (SSSR count). The maximum Gasteiger partial charge on any atom is 0.228 e. The van der Waals surface area contributed by atoms with E-state index in [1.165, 1.54) is 0 Å². The predicted molar refractivity (Wildman–Crippen MR) is 80.9 cm³/mol. The summed E-state index contributed by atoms with van der Waals surface area (Å²) < 4.78 is 0. The molecular weight excluding hydrogens is 284 g/mol. The summed E-state index contributed by atoms with van der Waals surface area (Å²) in [7, 11) is 0. The van der Waals surface area contributed by atoms with Crippen molar-refractivity contribution in [3.63, 3.8) is 0 Å². The number of rotatable bonds is 2. The molecule has 1 aromatic rings. The van der Waals surface area contributed by atoms with Gasteiger partial charge in [0.25, 0.3) is 0 Å². The van der Waals surface area contributed by atoms with Crippen LogP contribution >= 0.6 is 11.3 Å². The van der Waals surface area contributed by atoms with E-state index in [0.29, 0.717) is 12.3 Å². The quantitative estimate of drug-likeness (QED) is 0.906. The van der Waals surface area contributed by atoms with Gasteiger partial charge in [-0.3, -0.25) is 9.59 Å². The number of hydrogen-bond acceptors (Lipinski definition) is 3. The Labute approximate surface area is 128 Å². The molecule has 112 valence electrons. The van der Waals surface area contributed by atoms with Crippen LogP contribution in [-0.4, -0.2) is 35.8 Å². The molecule has 2 aliphatic heterocycles. The minimum atomic E-state index is -0.275. The molecule has 0 bridgehead atoms. The first-order valence-corrected chi connectivity index (χ1v) is 8.75. The number of nitrogens with zero attached hydrogens (tertiary/aromatic N) is 1. The van der Waals surface area contributed by atoms with E-state index in [1.54, 1.807) is 11.3 Å². The highest BCUT2D eigenvalue weighted by molar-refractivity contribution is 7.08. The number of nitrogens with one attached hydrogen (secondary N) is 1. The molecule has 3 atom stereocenters. The van der Waals surface area contributed by atoms with Gasteiger partial charge < -0.3 is 10.2 Å². The molecule has 21 heavy (non-hydrogen) atoms. The largest absolute Gasteiger partial charge is 0.355 e. The normalized spacial score (nSPS) is 34.5. The maximum atomic E-state index is 12.7. The molecule has 1 saturated carbocycles. The molecule has 1 aromatic heterocycles. The Kier molecular flexibility index (Phi) is 3.06. The fraction of sp³-hybridized carbons (Fsp3) is 0.625. The van der Waals surface area contributed by atoms with Gasteiger partial charge in [0.2, 0.25) is 11.8 Å². The fourth-order valence-electron chi connectivity index (χ4n) is 4.64. The zero-order valence-electron chi connectivity index (χ0n) is 12.0. The Morgan fingerprint density at radius 3 is 3.19 bits per heavy atom. The van der Waals surface area contributed by atoms with E-state index < -0.39 is 0 Å². The van der Waals surface area contributed by atoms with Crippen LogP contribution in [0.2, 0.25) is 0 Å². The molecule has 3 aliphatic rings. The monoisotopic (exact) mass is 304 g/mol. The van der Waals surface area contributed by atoms with Crippen LogP contribution in [0.15, 0.2) is 16.8 Å². The summed E-state index contributed by atoms with van der Waals surface area (Å²) in [5, 5.41) is 7.09. The lowest BCUT2D eigenvalue weighted by molar-refractivity contribution is -0.137. The van der Waals surface area contributed by atoms with E-state index >= 15 is 0 Å². The number of hydrogen-bond donors (Lipinski definition) is 1. The predicted octanol–water partition coefficient (Wildman–Crippen LogP) is 1.81. The number of amides is 2. The van der Waals surface area contributed by atoms with E-state index in [-0.39, 0.29) is 23.3 Å². The summed E-state index contributed by atoms with van der Waals surface area (Å²) in [6.45, 7) is 1.50. The third kappa shape index (κ3) is 1.86. The van der Waals surface area contributed by atoms with E-state index in [1.807, 2.05) is 21.7 Å². The molecule has 1 spiro atoms. The van der Waals surface area contributed by atoms with Gasteiger partial charge in [0.05, 0.1) is 11.8 Å². The van der Waals surface area contributed by atoms with Crippen LogP contribution in [0.5, 0.6) is 0 Å². The second-order valence-electron chi connectivity index (χ2n) is 6.56. The van der Waals surface area contributed by atoms with Gasteiger partial charge in [0, 0.05) is 25.0 Å². The Bertz CT molecular complexity index is 571. The van der Waals surface area contributed by atoms with Crippen LogP contribution in [0.3, 0.4) is 0 Å². The first kappa shape index (κ1) is 13.3. The number of likely N-dealkylation sites (tertiary alicyclic amines) is 1. The Morgan fingerprint density at radius 1 is 1.48 bits per heavy atom. The van der Waals surface area contributed by atoms with Gasteiger partial charge in [-0.2, -0.15) is 11.3 Å². The highest BCUT2D eigenvalue weighted by Gasteiger charge is 2.62. The minimum Gasteiger partial charge on any atom is -0.355 e. The van der Waals surface area contributed by atoms with Gasteiger partial charge in [0.15, 0.2) is 0 Å². The van der Waals surface area contributed by atoms with Gasteiger partial charge >= 0.3 is 0 Å². The summed E-state index contributed by atoms with van der Waals surface area (Å²) >= 11 is 1.63. The molecule has 5 heteroatoms. The zero-order chi connectivity index (χ0) is 14.4. The van der Waals surface area contributed by atoms with Crippen molar-refractivity contribution in [1.29, 1.82) is 0 Å².